The number of hydrazone groups is 1. The summed E-state index contributed by atoms with van der Waals surface area (Å²) in [5, 5.41) is 6.70. The largest absolute Gasteiger partial charge is 0.326 e. The van der Waals surface area contributed by atoms with Crippen LogP contribution in [0, 0.1) is 0 Å². The second-order valence-electron chi connectivity index (χ2n) is 4.64. The summed E-state index contributed by atoms with van der Waals surface area (Å²) in [5.41, 5.74) is 0.124. The molecule has 1 rings (SSSR count). The fourth-order valence-corrected chi connectivity index (χ4v) is 2.38. The fraction of sp³-hybridized carbons (Fsp3) is 0.900. The van der Waals surface area contributed by atoms with Gasteiger partial charge in [0, 0.05) is 12.1 Å². The first kappa shape index (κ1) is 11.8. The van der Waals surface area contributed by atoms with Crippen LogP contribution in [0.2, 0.25) is 0 Å². The van der Waals surface area contributed by atoms with Crippen molar-refractivity contribution in [1.82, 2.24) is 9.91 Å². The number of halogens is 1. The van der Waals surface area contributed by atoms with Crippen molar-refractivity contribution in [3.63, 3.8) is 0 Å². The van der Waals surface area contributed by atoms with E-state index in [0.717, 1.165) is 6.54 Å². The van der Waals surface area contributed by atoms with Crippen LogP contribution in [0.1, 0.15) is 40.5 Å². The van der Waals surface area contributed by atoms with Crippen molar-refractivity contribution in [3.05, 3.63) is 0 Å². The third-order valence-electron chi connectivity index (χ3n) is 2.32. The number of unbranched alkanes of at least 4 members (excludes halogenated alkanes) is 1. The zero-order valence-electron chi connectivity index (χ0n) is 9.50. The van der Waals surface area contributed by atoms with Gasteiger partial charge in [0.2, 0.25) is 0 Å². The lowest BCUT2D eigenvalue weighted by molar-refractivity contribution is 0.142. The molecule has 0 aromatic rings. The highest BCUT2D eigenvalue weighted by atomic mass is 79.9. The molecule has 1 aliphatic heterocycles. The molecule has 0 saturated heterocycles. The lowest BCUT2D eigenvalue weighted by atomic mass is 10.1. The molecule has 4 heteroatoms. The summed E-state index contributed by atoms with van der Waals surface area (Å²) in [4.78, 5) is 2.22. The third-order valence-corrected chi connectivity index (χ3v) is 3.23. The first-order valence-corrected chi connectivity index (χ1v) is 6.11. The Bertz CT molecular complexity index is 210. The Balaban J connectivity index is 2.52. The predicted molar refractivity (Wildman–Crippen MR) is 64.4 cm³/mol. The maximum atomic E-state index is 4.39. The lowest BCUT2D eigenvalue weighted by Crippen LogP contribution is -2.46. The van der Waals surface area contributed by atoms with Gasteiger partial charge in [0.25, 0.3) is 0 Å². The molecule has 82 valence electrons. The molecule has 1 unspecified atom stereocenters. The van der Waals surface area contributed by atoms with E-state index in [1.54, 1.807) is 0 Å². The Morgan fingerprint density at radius 2 is 2.07 bits per heavy atom. The molecule has 14 heavy (non-hydrogen) atoms. The minimum atomic E-state index is 0.124. The molecular weight excluding hydrogens is 242 g/mol. The summed E-state index contributed by atoms with van der Waals surface area (Å²) in [6.07, 6.45) is 4.33. The van der Waals surface area contributed by atoms with Crippen molar-refractivity contribution in [2.24, 2.45) is 5.10 Å². The summed E-state index contributed by atoms with van der Waals surface area (Å²) in [7, 11) is 0. The summed E-state index contributed by atoms with van der Waals surface area (Å²) in [6, 6.07) is 0. The molecule has 1 atom stereocenters. The van der Waals surface area contributed by atoms with Crippen LogP contribution in [0.5, 0.6) is 0 Å². The number of hydrogen-bond acceptors (Lipinski definition) is 3. The minimum Gasteiger partial charge on any atom is -0.326 e. The first-order chi connectivity index (χ1) is 6.46. The van der Waals surface area contributed by atoms with Crippen LogP contribution in [0.4, 0.5) is 0 Å². The second-order valence-corrected chi connectivity index (χ2v) is 5.46. The maximum absolute atomic E-state index is 4.39. The zero-order valence-corrected chi connectivity index (χ0v) is 11.1. The average Bonchev–Trinajstić information content (AvgIpc) is 2.42. The molecule has 0 saturated carbocycles. The quantitative estimate of drug-likeness (QED) is 0.575. The van der Waals surface area contributed by atoms with Crippen LogP contribution in [-0.4, -0.2) is 33.4 Å². The SMILES string of the molecule is CCCCN1N=CN(C(C)(C)C)C1Br. The molecule has 3 nitrogen and oxygen atoms in total. The fourth-order valence-electron chi connectivity index (χ4n) is 1.35. The van der Waals surface area contributed by atoms with E-state index in [-0.39, 0.29) is 10.6 Å². The van der Waals surface area contributed by atoms with Crippen LogP contribution < -0.4 is 0 Å². The second kappa shape index (κ2) is 4.51. The summed E-state index contributed by atoms with van der Waals surface area (Å²) in [5.74, 6) is 0. The average molecular weight is 262 g/mol. The molecule has 1 aliphatic rings. The van der Waals surface area contributed by atoms with Crippen molar-refractivity contribution < 1.29 is 0 Å². The zero-order chi connectivity index (χ0) is 10.8. The van der Waals surface area contributed by atoms with Gasteiger partial charge in [0.1, 0.15) is 6.34 Å². The predicted octanol–water partition coefficient (Wildman–Crippen LogP) is 2.82. The molecular formula is C10H20BrN3. The summed E-state index contributed by atoms with van der Waals surface area (Å²) < 4.78 is 0. The van der Waals surface area contributed by atoms with Crippen molar-refractivity contribution in [3.8, 4) is 0 Å². The van der Waals surface area contributed by atoms with Crippen LogP contribution in [0.25, 0.3) is 0 Å². The summed E-state index contributed by atoms with van der Waals surface area (Å²) >= 11 is 3.66. The van der Waals surface area contributed by atoms with Gasteiger partial charge in [-0.2, -0.15) is 5.10 Å². The van der Waals surface area contributed by atoms with Gasteiger partial charge in [-0.3, -0.25) is 5.01 Å². The van der Waals surface area contributed by atoms with E-state index < -0.39 is 0 Å². The molecule has 0 bridgehead atoms. The number of hydrogen-bond donors (Lipinski definition) is 0. The third kappa shape index (κ3) is 2.62. The lowest BCUT2D eigenvalue weighted by Gasteiger charge is -2.35. The molecule has 0 aliphatic carbocycles. The van der Waals surface area contributed by atoms with Crippen LogP contribution in [-0.2, 0) is 0 Å². The van der Waals surface area contributed by atoms with Gasteiger partial charge < -0.3 is 4.90 Å². The van der Waals surface area contributed by atoms with E-state index in [2.05, 4.69) is 58.6 Å². The number of rotatable bonds is 3. The van der Waals surface area contributed by atoms with E-state index >= 15 is 0 Å². The smallest absolute Gasteiger partial charge is 0.176 e. The molecule has 1 heterocycles. The summed E-state index contributed by atoms with van der Waals surface area (Å²) in [6.45, 7) is 9.80. The maximum Gasteiger partial charge on any atom is 0.176 e. The highest BCUT2D eigenvalue weighted by Gasteiger charge is 2.32. The Labute approximate surface area is 95.3 Å². The standard InChI is InChI=1S/C10H20BrN3/c1-5-6-7-14-9(11)13(8-12-14)10(2,3)4/h8-9H,5-7H2,1-4H3. The first-order valence-electron chi connectivity index (χ1n) is 5.20. The highest BCUT2D eigenvalue weighted by molar-refractivity contribution is 9.09. The van der Waals surface area contributed by atoms with Crippen molar-refractivity contribution in [2.75, 3.05) is 6.54 Å². The topological polar surface area (TPSA) is 18.8 Å². The van der Waals surface area contributed by atoms with E-state index in [0.29, 0.717) is 0 Å². The van der Waals surface area contributed by atoms with Gasteiger partial charge in [-0.15, -0.1) is 0 Å². The van der Waals surface area contributed by atoms with Crippen LogP contribution in [0.3, 0.4) is 0 Å². The van der Waals surface area contributed by atoms with Gasteiger partial charge >= 0.3 is 0 Å². The Morgan fingerprint density at radius 1 is 1.43 bits per heavy atom. The Hall–Kier alpha value is -0.250. The van der Waals surface area contributed by atoms with E-state index in [1.165, 1.54) is 12.8 Å². The molecule has 0 fully saturated rings. The van der Waals surface area contributed by atoms with Gasteiger partial charge in [-0.05, 0) is 43.1 Å². The molecule has 0 aromatic carbocycles. The van der Waals surface area contributed by atoms with Crippen molar-refractivity contribution in [1.29, 1.82) is 0 Å². The number of alkyl halides is 1. The molecule has 0 radical (unpaired) electrons. The molecule has 0 N–H and O–H groups in total. The molecule has 0 aromatic heterocycles. The van der Waals surface area contributed by atoms with Gasteiger partial charge in [-0.1, -0.05) is 13.3 Å². The van der Waals surface area contributed by atoms with Crippen LogP contribution >= 0.6 is 15.9 Å². The van der Waals surface area contributed by atoms with Crippen molar-refractivity contribution >= 4 is 22.3 Å². The van der Waals surface area contributed by atoms with Gasteiger partial charge in [-0.25, -0.2) is 0 Å². The molecule has 0 spiro atoms. The normalized spacial score (nSPS) is 22.2. The monoisotopic (exact) mass is 261 g/mol. The van der Waals surface area contributed by atoms with Gasteiger partial charge in [0.05, 0.1) is 0 Å². The Morgan fingerprint density at radius 3 is 2.50 bits per heavy atom. The Kier molecular flexibility index (Phi) is 3.81. The molecule has 0 amide bonds. The van der Waals surface area contributed by atoms with E-state index in [4.69, 9.17) is 0 Å². The van der Waals surface area contributed by atoms with Crippen molar-refractivity contribution in [2.45, 2.75) is 51.2 Å². The minimum absolute atomic E-state index is 0.124. The van der Waals surface area contributed by atoms with E-state index in [9.17, 15) is 0 Å². The highest BCUT2D eigenvalue weighted by Crippen LogP contribution is 2.26. The van der Waals surface area contributed by atoms with E-state index in [1.807, 2.05) is 6.34 Å². The number of nitrogens with zero attached hydrogens (tertiary/aromatic N) is 3. The van der Waals surface area contributed by atoms with Crippen LogP contribution in [0.15, 0.2) is 5.10 Å². The van der Waals surface area contributed by atoms with Gasteiger partial charge in [0.15, 0.2) is 5.08 Å².